The fourth-order valence-electron chi connectivity index (χ4n) is 3.70. The molecular weight excluding hydrogens is 472 g/mol. The molecule has 30 heavy (non-hydrogen) atoms. The summed E-state index contributed by atoms with van der Waals surface area (Å²) in [6.07, 6.45) is 0. The van der Waals surface area contributed by atoms with E-state index < -0.39 is 5.97 Å². The normalized spacial score (nSPS) is 14.5. The van der Waals surface area contributed by atoms with Gasteiger partial charge >= 0.3 is 5.97 Å². The van der Waals surface area contributed by atoms with E-state index in [0.717, 1.165) is 26.2 Å². The number of ether oxygens (including phenoxy) is 1. The van der Waals surface area contributed by atoms with Gasteiger partial charge in [0.05, 0.1) is 17.6 Å². The number of carbonyl (C=O) groups excluding carboxylic acids is 1. The minimum absolute atomic E-state index is 0. The third kappa shape index (κ3) is 4.58. The summed E-state index contributed by atoms with van der Waals surface area (Å²) in [5.74, 6) is 0.210. The number of phenolic OH excluding ortho intramolecular Hbond substituents is 1. The Morgan fingerprint density at radius 1 is 1.17 bits per heavy atom. The highest BCUT2D eigenvalue weighted by Gasteiger charge is 2.26. The lowest BCUT2D eigenvalue weighted by atomic mass is 10.1. The molecule has 1 aliphatic heterocycles. The Morgan fingerprint density at radius 2 is 1.87 bits per heavy atom. The minimum atomic E-state index is -0.425. The van der Waals surface area contributed by atoms with Crippen molar-refractivity contribution in [3.63, 3.8) is 0 Å². The van der Waals surface area contributed by atoms with E-state index in [0.29, 0.717) is 33.3 Å². The zero-order valence-electron chi connectivity index (χ0n) is 16.6. The molecule has 2 heterocycles. The summed E-state index contributed by atoms with van der Waals surface area (Å²) in [5.41, 5.74) is 2.18. The summed E-state index contributed by atoms with van der Waals surface area (Å²) >= 11 is 3.30. The molecular formula is C22H23BrClN2O4-. The Morgan fingerprint density at radius 3 is 2.53 bits per heavy atom. The van der Waals surface area contributed by atoms with Crippen LogP contribution in [0.5, 0.6) is 5.75 Å². The minimum Gasteiger partial charge on any atom is -1.00 e. The Hall–Kier alpha value is -2.22. The summed E-state index contributed by atoms with van der Waals surface area (Å²) in [7, 11) is 0. The first kappa shape index (κ1) is 22.5. The van der Waals surface area contributed by atoms with Crippen molar-refractivity contribution in [2.45, 2.75) is 13.5 Å². The number of nitrogens with zero attached hydrogens (tertiary/aromatic N) is 2. The SMILES string of the molecule is CCOC(=O)c1c(CN2CCN(c3ccccc3)CC2)oc2cc(Br)c(O)cc12.[Cl-]. The summed E-state index contributed by atoms with van der Waals surface area (Å²) in [6.45, 7) is 6.12. The standard InChI is InChI=1S/C22H23BrN2O4.ClH/c1-2-28-22(27)21-16-12-18(26)17(23)13-19(16)29-20(21)14-24-8-10-25(11-9-24)15-6-4-3-5-7-15;/h3-7,12-13,26H,2,8-11,14H2,1H3;1H/p-1. The van der Waals surface area contributed by atoms with Gasteiger partial charge in [-0.2, -0.15) is 0 Å². The van der Waals surface area contributed by atoms with Crippen LogP contribution in [0.3, 0.4) is 0 Å². The third-order valence-electron chi connectivity index (χ3n) is 5.17. The highest BCUT2D eigenvalue weighted by Crippen LogP contribution is 2.35. The summed E-state index contributed by atoms with van der Waals surface area (Å²) in [5, 5.41) is 10.6. The van der Waals surface area contributed by atoms with Crippen LogP contribution in [0.25, 0.3) is 11.0 Å². The van der Waals surface area contributed by atoms with Gasteiger partial charge in [-0.25, -0.2) is 4.79 Å². The Labute approximate surface area is 189 Å². The number of carbonyl (C=O) groups is 1. The number of benzene rings is 2. The summed E-state index contributed by atoms with van der Waals surface area (Å²) < 4.78 is 11.8. The van der Waals surface area contributed by atoms with Gasteiger partial charge in [-0.1, -0.05) is 18.2 Å². The third-order valence-corrected chi connectivity index (χ3v) is 5.81. The molecule has 0 aliphatic carbocycles. The highest BCUT2D eigenvalue weighted by atomic mass is 79.9. The van der Waals surface area contributed by atoms with Crippen molar-refractivity contribution in [1.82, 2.24) is 4.90 Å². The molecule has 1 aliphatic rings. The Bertz CT molecular complexity index is 1020. The van der Waals surface area contributed by atoms with Crippen LogP contribution in [0, 0.1) is 0 Å². The number of aromatic hydroxyl groups is 1. The number of furan rings is 1. The summed E-state index contributed by atoms with van der Waals surface area (Å²) in [4.78, 5) is 17.2. The van der Waals surface area contributed by atoms with Crippen molar-refractivity contribution in [3.8, 4) is 5.75 Å². The van der Waals surface area contributed by atoms with Gasteiger partial charge in [0.2, 0.25) is 0 Å². The average molecular weight is 495 g/mol. The molecule has 0 saturated carbocycles. The second-order valence-electron chi connectivity index (χ2n) is 7.02. The molecule has 1 N–H and O–H groups in total. The first-order valence-electron chi connectivity index (χ1n) is 9.70. The lowest BCUT2D eigenvalue weighted by molar-refractivity contribution is -0.0000261. The van der Waals surface area contributed by atoms with Crippen LogP contribution in [-0.4, -0.2) is 48.8 Å². The molecule has 6 nitrogen and oxygen atoms in total. The number of phenols is 1. The second kappa shape index (κ2) is 9.73. The number of rotatable bonds is 5. The quantitative estimate of drug-likeness (QED) is 0.541. The van der Waals surface area contributed by atoms with Gasteiger partial charge in [0.1, 0.15) is 22.7 Å². The van der Waals surface area contributed by atoms with Gasteiger partial charge in [-0.15, -0.1) is 0 Å². The number of fused-ring (bicyclic) bond motifs is 1. The van der Waals surface area contributed by atoms with Crippen LogP contribution in [0.4, 0.5) is 5.69 Å². The molecule has 160 valence electrons. The molecule has 0 amide bonds. The zero-order chi connectivity index (χ0) is 20.4. The maximum Gasteiger partial charge on any atom is 0.342 e. The lowest BCUT2D eigenvalue weighted by Crippen LogP contribution is -3.00. The molecule has 1 saturated heterocycles. The van der Waals surface area contributed by atoms with E-state index in [1.807, 2.05) is 6.07 Å². The molecule has 1 aromatic heterocycles. The summed E-state index contributed by atoms with van der Waals surface area (Å²) in [6, 6.07) is 13.6. The fourth-order valence-corrected chi connectivity index (χ4v) is 4.02. The van der Waals surface area contributed by atoms with Crippen LogP contribution in [0.1, 0.15) is 23.0 Å². The fraction of sp³-hybridized carbons (Fsp3) is 0.318. The number of hydrogen-bond acceptors (Lipinski definition) is 6. The number of halogens is 2. The monoisotopic (exact) mass is 493 g/mol. The Kier molecular flexibility index (Phi) is 7.28. The largest absolute Gasteiger partial charge is 1.00 e. The van der Waals surface area contributed by atoms with Crippen LogP contribution in [0.2, 0.25) is 0 Å². The number of hydrogen-bond donors (Lipinski definition) is 1. The van der Waals surface area contributed by atoms with Crippen molar-refractivity contribution in [3.05, 3.63) is 58.3 Å². The van der Waals surface area contributed by atoms with Crippen molar-refractivity contribution in [2.75, 3.05) is 37.7 Å². The molecule has 0 atom stereocenters. The lowest BCUT2D eigenvalue weighted by Gasteiger charge is -2.35. The molecule has 3 aromatic rings. The van der Waals surface area contributed by atoms with Crippen LogP contribution < -0.4 is 17.3 Å². The van der Waals surface area contributed by atoms with E-state index in [-0.39, 0.29) is 24.8 Å². The highest BCUT2D eigenvalue weighted by molar-refractivity contribution is 9.10. The number of anilines is 1. The second-order valence-corrected chi connectivity index (χ2v) is 7.87. The van der Waals surface area contributed by atoms with E-state index in [4.69, 9.17) is 9.15 Å². The zero-order valence-corrected chi connectivity index (χ0v) is 18.9. The van der Waals surface area contributed by atoms with Gasteiger partial charge in [-0.3, -0.25) is 4.90 Å². The first-order chi connectivity index (χ1) is 14.1. The molecule has 2 aromatic carbocycles. The van der Waals surface area contributed by atoms with Gasteiger partial charge in [0, 0.05) is 37.3 Å². The number of piperazine rings is 1. The van der Waals surface area contributed by atoms with Crippen molar-refractivity contribution < 1.29 is 31.5 Å². The molecule has 8 heteroatoms. The van der Waals surface area contributed by atoms with Gasteiger partial charge in [0.25, 0.3) is 0 Å². The van der Waals surface area contributed by atoms with Gasteiger partial charge in [-0.05, 0) is 47.1 Å². The number of para-hydroxylation sites is 1. The van der Waals surface area contributed by atoms with Crippen molar-refractivity contribution >= 4 is 38.6 Å². The van der Waals surface area contributed by atoms with E-state index in [2.05, 4.69) is 50.0 Å². The van der Waals surface area contributed by atoms with Gasteiger partial charge in [0.15, 0.2) is 0 Å². The molecule has 4 rings (SSSR count). The number of esters is 1. The smallest absolute Gasteiger partial charge is 0.342 e. The van der Waals surface area contributed by atoms with Crippen LogP contribution in [-0.2, 0) is 11.3 Å². The van der Waals surface area contributed by atoms with E-state index >= 15 is 0 Å². The van der Waals surface area contributed by atoms with Crippen molar-refractivity contribution in [2.24, 2.45) is 0 Å². The van der Waals surface area contributed by atoms with Crippen LogP contribution in [0.15, 0.2) is 51.4 Å². The molecule has 0 spiro atoms. The molecule has 0 radical (unpaired) electrons. The first-order valence-corrected chi connectivity index (χ1v) is 10.5. The predicted molar refractivity (Wildman–Crippen MR) is 115 cm³/mol. The van der Waals surface area contributed by atoms with E-state index in [9.17, 15) is 9.90 Å². The topological polar surface area (TPSA) is 66.2 Å². The van der Waals surface area contributed by atoms with Crippen molar-refractivity contribution in [1.29, 1.82) is 0 Å². The predicted octanol–water partition coefficient (Wildman–Crippen LogP) is 1.40. The molecule has 0 unspecified atom stereocenters. The molecule has 0 bridgehead atoms. The average Bonchev–Trinajstić information content (AvgIpc) is 3.06. The Balaban J connectivity index is 0.00000256. The van der Waals surface area contributed by atoms with E-state index in [1.165, 1.54) is 5.69 Å². The maximum atomic E-state index is 12.6. The molecule has 1 fully saturated rings. The maximum absolute atomic E-state index is 12.6. The van der Waals surface area contributed by atoms with E-state index in [1.54, 1.807) is 19.1 Å². The van der Waals surface area contributed by atoms with Gasteiger partial charge < -0.3 is 31.6 Å². The van der Waals surface area contributed by atoms with Crippen LogP contribution >= 0.6 is 15.9 Å².